The van der Waals surface area contributed by atoms with E-state index in [1.165, 1.54) is 6.08 Å². The number of rotatable bonds is 3. The minimum absolute atomic E-state index is 0.101. The molecule has 0 unspecified atom stereocenters. The molecule has 0 atom stereocenters. The van der Waals surface area contributed by atoms with E-state index in [-0.39, 0.29) is 18.1 Å². The molecule has 130 valence electrons. The summed E-state index contributed by atoms with van der Waals surface area (Å²) in [6, 6.07) is 12.1. The predicted octanol–water partition coefficient (Wildman–Crippen LogP) is 6.38. The maximum atomic E-state index is 12.5. The molecule has 0 saturated carbocycles. The number of aromatic nitrogens is 1. The molecule has 25 heavy (non-hydrogen) atoms. The second-order valence-corrected chi connectivity index (χ2v) is 8.99. The summed E-state index contributed by atoms with van der Waals surface area (Å²) in [6.45, 7) is 5.81. The second kappa shape index (κ2) is 6.61. The van der Waals surface area contributed by atoms with Crippen molar-refractivity contribution in [2.24, 2.45) is 5.41 Å². The summed E-state index contributed by atoms with van der Waals surface area (Å²) in [7, 11) is 0. The van der Waals surface area contributed by atoms with E-state index in [1.807, 2.05) is 49.6 Å². The van der Waals surface area contributed by atoms with E-state index in [9.17, 15) is 9.90 Å². The largest absolute Gasteiger partial charge is 0.512 e. The lowest BCUT2D eigenvalue weighted by Gasteiger charge is -2.17. The summed E-state index contributed by atoms with van der Waals surface area (Å²) in [5, 5.41) is 12.3. The molecule has 0 saturated heterocycles. The van der Waals surface area contributed by atoms with Crippen molar-refractivity contribution < 1.29 is 9.90 Å². The standard InChI is InChI=1S/C20H19Br2NO2/c1-20(2,3)19(25)10-14(24)11-23-17-6-4-12(21)8-15(17)16-9-13(22)5-7-18(16)23/h4-10,25H,11H2,1-3H3/b19-10-. The molecule has 0 aliphatic heterocycles. The number of carbonyl (C=O) groups is 1. The van der Waals surface area contributed by atoms with Gasteiger partial charge in [-0.1, -0.05) is 52.6 Å². The van der Waals surface area contributed by atoms with Gasteiger partial charge in [0.1, 0.15) is 5.76 Å². The van der Waals surface area contributed by atoms with E-state index < -0.39 is 5.41 Å². The molecule has 0 aliphatic rings. The fraction of sp³-hybridized carbons (Fsp3) is 0.250. The number of halogens is 2. The van der Waals surface area contributed by atoms with Crippen molar-refractivity contribution in [3.63, 3.8) is 0 Å². The van der Waals surface area contributed by atoms with Crippen LogP contribution in [0.5, 0.6) is 0 Å². The monoisotopic (exact) mass is 463 g/mol. The number of carbonyl (C=O) groups excluding carboxylic acids is 1. The van der Waals surface area contributed by atoms with Gasteiger partial charge >= 0.3 is 0 Å². The van der Waals surface area contributed by atoms with E-state index in [4.69, 9.17) is 0 Å². The molecule has 0 radical (unpaired) electrons. The maximum Gasteiger partial charge on any atom is 0.178 e. The van der Waals surface area contributed by atoms with Gasteiger partial charge in [0.05, 0.1) is 6.54 Å². The average molecular weight is 465 g/mol. The van der Waals surface area contributed by atoms with Crippen LogP contribution in [0.1, 0.15) is 20.8 Å². The molecule has 0 bridgehead atoms. The van der Waals surface area contributed by atoms with Crippen molar-refractivity contribution in [3.05, 3.63) is 57.2 Å². The number of hydrogen-bond donors (Lipinski definition) is 1. The summed E-state index contributed by atoms with van der Waals surface area (Å²) in [6.07, 6.45) is 1.34. The number of aliphatic hydroxyl groups excluding tert-OH is 1. The van der Waals surface area contributed by atoms with Crippen molar-refractivity contribution in [1.29, 1.82) is 0 Å². The first-order valence-corrected chi connectivity index (χ1v) is 9.56. The van der Waals surface area contributed by atoms with Crippen LogP contribution >= 0.6 is 31.9 Å². The lowest BCUT2D eigenvalue weighted by Crippen LogP contribution is -2.13. The summed E-state index contributed by atoms with van der Waals surface area (Å²) in [5.74, 6) is -0.0270. The first-order chi connectivity index (χ1) is 11.7. The predicted molar refractivity (Wildman–Crippen MR) is 110 cm³/mol. The molecule has 3 rings (SSSR count). The molecule has 0 amide bonds. The highest BCUT2D eigenvalue weighted by atomic mass is 79.9. The Balaban J connectivity index is 2.13. The van der Waals surface area contributed by atoms with Gasteiger partial charge in [-0.2, -0.15) is 0 Å². The first kappa shape index (κ1) is 18.2. The Morgan fingerprint density at radius 2 is 1.52 bits per heavy atom. The highest BCUT2D eigenvalue weighted by Crippen LogP contribution is 2.33. The third-order valence-electron chi connectivity index (χ3n) is 4.17. The third-order valence-corrected chi connectivity index (χ3v) is 5.16. The van der Waals surface area contributed by atoms with Crippen LogP contribution in [0.15, 0.2) is 57.2 Å². The molecule has 0 fully saturated rings. The van der Waals surface area contributed by atoms with Gasteiger partial charge in [-0.05, 0) is 36.4 Å². The van der Waals surface area contributed by atoms with Gasteiger partial charge in [-0.25, -0.2) is 0 Å². The zero-order valence-electron chi connectivity index (χ0n) is 14.3. The minimum atomic E-state index is -0.438. The second-order valence-electron chi connectivity index (χ2n) is 7.15. The van der Waals surface area contributed by atoms with E-state index in [2.05, 4.69) is 44.0 Å². The van der Waals surface area contributed by atoms with Gasteiger partial charge in [0, 0.05) is 42.2 Å². The van der Waals surface area contributed by atoms with Gasteiger partial charge in [-0.3, -0.25) is 4.79 Å². The van der Waals surface area contributed by atoms with Gasteiger partial charge in [0.2, 0.25) is 0 Å². The normalized spacial score (nSPS) is 12.9. The Labute approximate surface area is 163 Å². The van der Waals surface area contributed by atoms with Crippen molar-refractivity contribution in [2.45, 2.75) is 27.3 Å². The molecule has 3 aromatic rings. The molecular formula is C20H19Br2NO2. The molecule has 1 N–H and O–H groups in total. The maximum absolute atomic E-state index is 12.5. The number of allylic oxidation sites excluding steroid dienone is 2. The summed E-state index contributed by atoms with van der Waals surface area (Å²) >= 11 is 7.04. The summed E-state index contributed by atoms with van der Waals surface area (Å²) < 4.78 is 3.99. The Kier molecular flexibility index (Phi) is 4.82. The zero-order valence-corrected chi connectivity index (χ0v) is 17.5. The quantitative estimate of drug-likeness (QED) is 0.361. The first-order valence-electron chi connectivity index (χ1n) is 7.98. The Morgan fingerprint density at radius 3 is 1.96 bits per heavy atom. The molecular weight excluding hydrogens is 446 g/mol. The van der Waals surface area contributed by atoms with Crippen LogP contribution in [-0.2, 0) is 11.3 Å². The fourth-order valence-electron chi connectivity index (χ4n) is 2.79. The third kappa shape index (κ3) is 3.67. The zero-order chi connectivity index (χ0) is 18.4. The van der Waals surface area contributed by atoms with E-state index in [0.29, 0.717) is 0 Å². The van der Waals surface area contributed by atoms with Crippen molar-refractivity contribution in [2.75, 3.05) is 0 Å². The van der Waals surface area contributed by atoms with E-state index in [1.54, 1.807) is 0 Å². The highest BCUT2D eigenvalue weighted by molar-refractivity contribution is 9.10. The molecule has 1 heterocycles. The average Bonchev–Trinajstić information content (AvgIpc) is 2.79. The van der Waals surface area contributed by atoms with Crippen LogP contribution in [-0.4, -0.2) is 15.5 Å². The topological polar surface area (TPSA) is 42.2 Å². The minimum Gasteiger partial charge on any atom is -0.512 e. The number of benzene rings is 2. The molecule has 3 nitrogen and oxygen atoms in total. The number of aliphatic hydroxyl groups is 1. The molecule has 1 aromatic heterocycles. The number of nitrogens with zero attached hydrogens (tertiary/aromatic N) is 1. The van der Waals surface area contributed by atoms with Gasteiger partial charge in [0.25, 0.3) is 0 Å². The number of fused-ring (bicyclic) bond motifs is 3. The van der Waals surface area contributed by atoms with Crippen LogP contribution < -0.4 is 0 Å². The summed E-state index contributed by atoms with van der Waals surface area (Å²) in [4.78, 5) is 12.5. The van der Waals surface area contributed by atoms with Crippen molar-refractivity contribution in [1.82, 2.24) is 4.57 Å². The lowest BCUT2D eigenvalue weighted by molar-refractivity contribution is -0.115. The highest BCUT2D eigenvalue weighted by Gasteiger charge is 2.18. The molecule has 0 spiro atoms. The van der Waals surface area contributed by atoms with Crippen molar-refractivity contribution in [3.8, 4) is 0 Å². The SMILES string of the molecule is CC(C)(C)/C(O)=C/C(=O)Cn1c2ccc(Br)cc2c2cc(Br)ccc21. The van der Waals surface area contributed by atoms with Crippen LogP contribution in [0.3, 0.4) is 0 Å². The van der Waals surface area contributed by atoms with Crippen molar-refractivity contribution >= 4 is 59.4 Å². The van der Waals surface area contributed by atoms with Crippen LogP contribution in [0.4, 0.5) is 0 Å². The fourth-order valence-corrected chi connectivity index (χ4v) is 3.51. The van der Waals surface area contributed by atoms with Crippen LogP contribution in [0.25, 0.3) is 21.8 Å². The Bertz CT molecular complexity index is 951. The van der Waals surface area contributed by atoms with E-state index in [0.717, 1.165) is 30.8 Å². The number of hydrogen-bond acceptors (Lipinski definition) is 2. The smallest absolute Gasteiger partial charge is 0.178 e. The Hall–Kier alpha value is -1.59. The van der Waals surface area contributed by atoms with Crippen LogP contribution in [0, 0.1) is 5.41 Å². The van der Waals surface area contributed by atoms with Gasteiger partial charge in [0.15, 0.2) is 5.78 Å². The molecule has 0 aliphatic carbocycles. The van der Waals surface area contributed by atoms with Crippen LogP contribution in [0.2, 0.25) is 0 Å². The number of ketones is 1. The lowest BCUT2D eigenvalue weighted by atomic mass is 9.93. The molecule has 2 aromatic carbocycles. The van der Waals surface area contributed by atoms with E-state index >= 15 is 0 Å². The van der Waals surface area contributed by atoms with Gasteiger partial charge in [-0.15, -0.1) is 0 Å². The van der Waals surface area contributed by atoms with Gasteiger partial charge < -0.3 is 9.67 Å². The Morgan fingerprint density at radius 1 is 1.04 bits per heavy atom. The summed E-state index contributed by atoms with van der Waals surface area (Å²) in [5.41, 5.74) is 1.55. The molecule has 5 heteroatoms.